The van der Waals surface area contributed by atoms with Gasteiger partial charge in [0.2, 0.25) is 0 Å². The van der Waals surface area contributed by atoms with Crippen LogP contribution in [0.1, 0.15) is 5.82 Å². The summed E-state index contributed by atoms with van der Waals surface area (Å²) in [5, 5.41) is 0. The summed E-state index contributed by atoms with van der Waals surface area (Å²) in [6.07, 6.45) is 1.58. The second-order valence-electron chi connectivity index (χ2n) is 2.68. The second-order valence-corrected chi connectivity index (χ2v) is 2.68. The van der Waals surface area contributed by atoms with Crippen LogP contribution >= 0.6 is 0 Å². The Bertz CT molecular complexity index is 482. The molecule has 2 heterocycles. The molecular weight excluding hydrogens is 156 g/mol. The number of imidazole rings is 1. The minimum Gasteiger partial charge on any atom is -0.328 e. The third-order valence-corrected chi connectivity index (χ3v) is 1.70. The number of aromatic nitrogens is 4. The normalized spacial score (nSPS) is 10.8. The van der Waals surface area contributed by atoms with Crippen molar-refractivity contribution in [2.75, 3.05) is 0 Å². The largest absolute Gasteiger partial charge is 0.328 e. The second kappa shape index (κ2) is 2.17. The highest BCUT2D eigenvalue weighted by atomic mass is 16.1. The molecule has 0 aliphatic rings. The Hall–Kier alpha value is -1.65. The van der Waals surface area contributed by atoms with Gasteiger partial charge in [-0.15, -0.1) is 0 Å². The third-order valence-electron chi connectivity index (χ3n) is 1.70. The lowest BCUT2D eigenvalue weighted by Crippen LogP contribution is -2.11. The van der Waals surface area contributed by atoms with E-state index in [-0.39, 0.29) is 5.56 Å². The number of H-pyrrole nitrogens is 1. The molecule has 0 aliphatic carbocycles. The van der Waals surface area contributed by atoms with Gasteiger partial charge in [0.1, 0.15) is 5.82 Å². The summed E-state index contributed by atoms with van der Waals surface area (Å²) in [6.45, 7) is 1.73. The molecule has 2 rings (SSSR count). The Morgan fingerprint density at radius 2 is 2.33 bits per heavy atom. The van der Waals surface area contributed by atoms with Crippen molar-refractivity contribution in [3.8, 4) is 0 Å². The standard InChI is InChI=1S/C7H8N4O/c1-4-9-6-5(7(12)10-4)11(2)3-8-6/h3H,1-2H3,(H,9,10,12). The highest BCUT2D eigenvalue weighted by molar-refractivity contribution is 5.68. The summed E-state index contributed by atoms with van der Waals surface area (Å²) < 4.78 is 1.65. The van der Waals surface area contributed by atoms with E-state index >= 15 is 0 Å². The lowest BCUT2D eigenvalue weighted by molar-refractivity contribution is 0.934. The first-order chi connectivity index (χ1) is 5.68. The molecule has 0 spiro atoms. The molecule has 5 nitrogen and oxygen atoms in total. The van der Waals surface area contributed by atoms with E-state index in [9.17, 15) is 4.79 Å². The van der Waals surface area contributed by atoms with Gasteiger partial charge in [0.15, 0.2) is 11.2 Å². The molecule has 1 N–H and O–H groups in total. The summed E-state index contributed by atoms with van der Waals surface area (Å²) in [4.78, 5) is 22.0. The molecule has 0 amide bonds. The quantitative estimate of drug-likeness (QED) is 0.594. The van der Waals surface area contributed by atoms with Gasteiger partial charge in [0, 0.05) is 7.05 Å². The Kier molecular flexibility index (Phi) is 1.27. The Morgan fingerprint density at radius 3 is 3.08 bits per heavy atom. The third kappa shape index (κ3) is 0.827. The molecule has 0 aliphatic heterocycles. The first kappa shape index (κ1) is 7.02. The monoisotopic (exact) mass is 164 g/mol. The van der Waals surface area contributed by atoms with Crippen LogP contribution in [-0.2, 0) is 7.05 Å². The summed E-state index contributed by atoms with van der Waals surface area (Å²) in [5.41, 5.74) is 0.872. The molecule has 0 radical (unpaired) electrons. The first-order valence-electron chi connectivity index (χ1n) is 3.56. The van der Waals surface area contributed by atoms with E-state index in [1.54, 1.807) is 24.9 Å². The minimum atomic E-state index is -0.141. The Morgan fingerprint density at radius 1 is 1.58 bits per heavy atom. The first-order valence-corrected chi connectivity index (χ1v) is 3.56. The molecule has 0 fully saturated rings. The summed E-state index contributed by atoms with van der Waals surface area (Å²) in [5.74, 6) is 0.589. The van der Waals surface area contributed by atoms with Gasteiger partial charge >= 0.3 is 0 Å². The molecule has 2 aromatic rings. The maximum atomic E-state index is 11.3. The number of nitrogens with zero attached hydrogens (tertiary/aromatic N) is 3. The zero-order chi connectivity index (χ0) is 8.72. The summed E-state index contributed by atoms with van der Waals surface area (Å²) in [6, 6.07) is 0. The van der Waals surface area contributed by atoms with Crippen molar-refractivity contribution >= 4 is 11.2 Å². The van der Waals surface area contributed by atoms with Crippen LogP contribution in [-0.4, -0.2) is 19.5 Å². The topological polar surface area (TPSA) is 63.6 Å². The van der Waals surface area contributed by atoms with Crippen LogP contribution in [0.15, 0.2) is 11.1 Å². The summed E-state index contributed by atoms with van der Waals surface area (Å²) >= 11 is 0. The van der Waals surface area contributed by atoms with Gasteiger partial charge in [0.05, 0.1) is 6.33 Å². The number of aryl methyl sites for hydroxylation is 2. The number of aromatic amines is 1. The molecule has 12 heavy (non-hydrogen) atoms. The van der Waals surface area contributed by atoms with E-state index in [1.165, 1.54) is 0 Å². The van der Waals surface area contributed by atoms with E-state index < -0.39 is 0 Å². The maximum Gasteiger partial charge on any atom is 0.277 e. The van der Waals surface area contributed by atoms with Crippen molar-refractivity contribution in [3.63, 3.8) is 0 Å². The minimum absolute atomic E-state index is 0.141. The number of fused-ring (bicyclic) bond motifs is 1. The van der Waals surface area contributed by atoms with Gasteiger partial charge in [-0.1, -0.05) is 0 Å². The predicted octanol–water partition coefficient (Wildman–Crippen LogP) is -0.0350. The molecule has 0 aromatic carbocycles. The van der Waals surface area contributed by atoms with Crippen molar-refractivity contribution in [1.29, 1.82) is 0 Å². The van der Waals surface area contributed by atoms with Crippen molar-refractivity contribution in [2.45, 2.75) is 6.92 Å². The molecule has 0 unspecified atom stereocenters. The molecule has 5 heteroatoms. The predicted molar refractivity (Wildman–Crippen MR) is 43.9 cm³/mol. The van der Waals surface area contributed by atoms with E-state index in [4.69, 9.17) is 0 Å². The number of hydrogen-bond donors (Lipinski definition) is 1. The maximum absolute atomic E-state index is 11.3. The van der Waals surface area contributed by atoms with E-state index in [1.807, 2.05) is 0 Å². The Labute approximate surface area is 68.1 Å². The smallest absolute Gasteiger partial charge is 0.277 e. The van der Waals surface area contributed by atoms with E-state index in [0.717, 1.165) is 0 Å². The van der Waals surface area contributed by atoms with E-state index in [2.05, 4.69) is 15.0 Å². The highest BCUT2D eigenvalue weighted by Crippen LogP contribution is 2.01. The van der Waals surface area contributed by atoms with Gasteiger partial charge in [-0.25, -0.2) is 9.97 Å². The number of rotatable bonds is 0. The fourth-order valence-electron chi connectivity index (χ4n) is 1.17. The number of hydrogen-bond acceptors (Lipinski definition) is 3. The Balaban J connectivity index is 3.03. The van der Waals surface area contributed by atoms with Crippen LogP contribution in [0.4, 0.5) is 0 Å². The average molecular weight is 164 g/mol. The lowest BCUT2D eigenvalue weighted by atomic mass is 10.5. The van der Waals surface area contributed by atoms with Crippen LogP contribution in [0.2, 0.25) is 0 Å². The zero-order valence-corrected chi connectivity index (χ0v) is 6.83. The van der Waals surface area contributed by atoms with Crippen LogP contribution in [0, 0.1) is 6.92 Å². The van der Waals surface area contributed by atoms with E-state index in [0.29, 0.717) is 17.0 Å². The van der Waals surface area contributed by atoms with Crippen molar-refractivity contribution in [3.05, 3.63) is 22.5 Å². The SMILES string of the molecule is Cc1nc2ncn(C)c2c(=O)[nH]1. The van der Waals surface area contributed by atoms with Gasteiger partial charge < -0.3 is 9.55 Å². The molecular formula is C7H8N4O. The van der Waals surface area contributed by atoms with Gasteiger partial charge in [-0.05, 0) is 6.92 Å². The fourth-order valence-corrected chi connectivity index (χ4v) is 1.17. The van der Waals surface area contributed by atoms with Crippen molar-refractivity contribution < 1.29 is 0 Å². The molecule has 0 saturated heterocycles. The molecule has 0 saturated carbocycles. The number of nitrogens with one attached hydrogen (secondary N) is 1. The lowest BCUT2D eigenvalue weighted by Gasteiger charge is -1.93. The molecule has 2 aromatic heterocycles. The van der Waals surface area contributed by atoms with Crippen LogP contribution in [0.5, 0.6) is 0 Å². The van der Waals surface area contributed by atoms with Crippen molar-refractivity contribution in [2.24, 2.45) is 7.05 Å². The zero-order valence-electron chi connectivity index (χ0n) is 6.83. The highest BCUT2D eigenvalue weighted by Gasteiger charge is 2.05. The fraction of sp³-hybridized carbons (Fsp3) is 0.286. The molecule has 0 bridgehead atoms. The van der Waals surface area contributed by atoms with Crippen LogP contribution in [0.25, 0.3) is 11.2 Å². The van der Waals surface area contributed by atoms with Gasteiger partial charge in [-0.3, -0.25) is 4.79 Å². The summed E-state index contributed by atoms with van der Waals surface area (Å²) in [7, 11) is 1.77. The molecule has 62 valence electrons. The van der Waals surface area contributed by atoms with Gasteiger partial charge in [-0.2, -0.15) is 0 Å². The molecule has 0 atom stereocenters. The average Bonchev–Trinajstić information content (AvgIpc) is 2.31. The van der Waals surface area contributed by atoms with Crippen LogP contribution in [0.3, 0.4) is 0 Å². The van der Waals surface area contributed by atoms with Crippen LogP contribution < -0.4 is 5.56 Å². The van der Waals surface area contributed by atoms with Gasteiger partial charge in [0.25, 0.3) is 5.56 Å². The van der Waals surface area contributed by atoms with Crippen molar-refractivity contribution in [1.82, 2.24) is 19.5 Å².